The topological polar surface area (TPSA) is 36.3 Å². The number of hydrogen-bond acceptors (Lipinski definition) is 3. The molecule has 4 rings (SSSR count). The fourth-order valence-electron chi connectivity index (χ4n) is 3.37. The van der Waals surface area contributed by atoms with E-state index < -0.39 is 0 Å². The summed E-state index contributed by atoms with van der Waals surface area (Å²) in [6.45, 7) is 0. The van der Waals surface area contributed by atoms with Crippen LogP contribution in [0.2, 0.25) is 0 Å². The normalized spacial score (nSPS) is 10.7. The van der Waals surface area contributed by atoms with Crippen molar-refractivity contribution in [2.24, 2.45) is 7.05 Å². The van der Waals surface area contributed by atoms with Crippen LogP contribution in [0.1, 0.15) is 0 Å². The van der Waals surface area contributed by atoms with Gasteiger partial charge in [0, 0.05) is 23.7 Å². The lowest BCUT2D eigenvalue weighted by Crippen LogP contribution is -1.96. The Kier molecular flexibility index (Phi) is 4.85. The molecule has 0 unspecified atom stereocenters. The van der Waals surface area contributed by atoms with E-state index in [-0.39, 0.29) is 0 Å². The largest absolute Gasteiger partial charge is 0.497 e. The highest BCUT2D eigenvalue weighted by Gasteiger charge is 2.19. The highest BCUT2D eigenvalue weighted by Crippen LogP contribution is 2.36. The van der Waals surface area contributed by atoms with Crippen molar-refractivity contribution < 1.29 is 9.47 Å². The van der Waals surface area contributed by atoms with Gasteiger partial charge in [0.05, 0.1) is 25.6 Å². The summed E-state index contributed by atoms with van der Waals surface area (Å²) in [7, 11) is 5.40. The molecule has 0 saturated carbocycles. The first kappa shape index (κ1) is 17.9. The Labute approximate surface area is 165 Å². The molecule has 0 radical (unpaired) electrons. The van der Waals surface area contributed by atoms with Crippen LogP contribution >= 0.6 is 0 Å². The minimum atomic E-state index is 0.830. The van der Waals surface area contributed by atoms with Crippen LogP contribution in [0.15, 0.2) is 78.9 Å². The summed E-state index contributed by atoms with van der Waals surface area (Å²) >= 11 is 0. The summed E-state index contributed by atoms with van der Waals surface area (Å²) < 4.78 is 12.7. The number of benzene rings is 3. The lowest BCUT2D eigenvalue weighted by atomic mass is 10.0. The zero-order valence-electron chi connectivity index (χ0n) is 16.2. The van der Waals surface area contributed by atoms with E-state index in [0.717, 1.165) is 45.4 Å². The van der Waals surface area contributed by atoms with Crippen LogP contribution in [0, 0.1) is 0 Å². The molecular weight excluding hydrogens is 348 g/mol. The molecule has 0 N–H and O–H groups in total. The smallest absolute Gasteiger partial charge is 0.140 e. The van der Waals surface area contributed by atoms with E-state index in [4.69, 9.17) is 14.5 Å². The summed E-state index contributed by atoms with van der Waals surface area (Å²) in [6, 6.07) is 26.4. The van der Waals surface area contributed by atoms with E-state index in [1.165, 1.54) is 0 Å². The summed E-state index contributed by atoms with van der Waals surface area (Å²) in [5, 5.41) is 0. The van der Waals surface area contributed by atoms with Gasteiger partial charge in [0.25, 0.3) is 0 Å². The van der Waals surface area contributed by atoms with Crippen molar-refractivity contribution >= 4 is 0 Å². The first-order chi connectivity index (χ1) is 13.7. The number of hydrogen-bond donors (Lipinski definition) is 0. The van der Waals surface area contributed by atoms with Crippen LogP contribution in [-0.2, 0) is 7.05 Å². The van der Waals surface area contributed by atoms with Gasteiger partial charge in [-0.3, -0.25) is 0 Å². The quantitative estimate of drug-likeness (QED) is 0.469. The zero-order chi connectivity index (χ0) is 19.5. The number of ether oxygens (including phenoxy) is 2. The van der Waals surface area contributed by atoms with Gasteiger partial charge in [-0.15, -0.1) is 0 Å². The van der Waals surface area contributed by atoms with Gasteiger partial charge in [0.2, 0.25) is 0 Å². The number of aromatic nitrogens is 2. The Hall–Kier alpha value is -3.53. The fourth-order valence-corrected chi connectivity index (χ4v) is 3.37. The van der Waals surface area contributed by atoms with Crippen molar-refractivity contribution in [1.82, 2.24) is 9.55 Å². The third-order valence-corrected chi connectivity index (χ3v) is 4.85. The van der Waals surface area contributed by atoms with Crippen molar-refractivity contribution in [3.8, 4) is 45.4 Å². The molecule has 0 fully saturated rings. The molecular formula is C24H22N2O2. The highest BCUT2D eigenvalue weighted by atomic mass is 16.5. The van der Waals surface area contributed by atoms with Crippen LogP contribution in [0.5, 0.6) is 11.5 Å². The van der Waals surface area contributed by atoms with Crippen molar-refractivity contribution in [3.05, 3.63) is 78.9 Å². The molecule has 0 saturated heterocycles. The lowest BCUT2D eigenvalue weighted by molar-refractivity contribution is 0.415. The SMILES string of the molecule is COc1ccc(-c2nc(-c3ccc(OC)cc3)n(C)c2-c2ccccc2)cc1. The first-order valence-electron chi connectivity index (χ1n) is 9.12. The van der Waals surface area contributed by atoms with E-state index in [1.807, 2.05) is 66.7 Å². The third kappa shape index (κ3) is 3.25. The van der Waals surface area contributed by atoms with Crippen molar-refractivity contribution in [2.75, 3.05) is 14.2 Å². The molecule has 4 heteroatoms. The van der Waals surface area contributed by atoms with Gasteiger partial charge in [0.15, 0.2) is 0 Å². The minimum Gasteiger partial charge on any atom is -0.497 e. The van der Waals surface area contributed by atoms with E-state index in [0.29, 0.717) is 0 Å². The third-order valence-electron chi connectivity index (χ3n) is 4.85. The number of rotatable bonds is 5. The number of imidazole rings is 1. The van der Waals surface area contributed by atoms with Gasteiger partial charge in [0.1, 0.15) is 17.3 Å². The second-order valence-corrected chi connectivity index (χ2v) is 6.51. The maximum Gasteiger partial charge on any atom is 0.140 e. The summed E-state index contributed by atoms with van der Waals surface area (Å²) in [5.74, 6) is 2.57. The van der Waals surface area contributed by atoms with Crippen LogP contribution in [0.4, 0.5) is 0 Å². The first-order valence-corrected chi connectivity index (χ1v) is 9.12. The molecule has 0 bridgehead atoms. The molecule has 140 valence electrons. The van der Waals surface area contributed by atoms with Gasteiger partial charge in [-0.2, -0.15) is 0 Å². The summed E-state index contributed by atoms with van der Waals surface area (Å²) in [4.78, 5) is 5.02. The Morgan fingerprint density at radius 3 is 1.71 bits per heavy atom. The van der Waals surface area contributed by atoms with Crippen molar-refractivity contribution in [1.29, 1.82) is 0 Å². The summed E-state index contributed by atoms with van der Waals surface area (Å²) in [6.07, 6.45) is 0. The maximum absolute atomic E-state index is 5.30. The van der Waals surface area contributed by atoms with Crippen molar-refractivity contribution in [3.63, 3.8) is 0 Å². The molecule has 1 aromatic heterocycles. The Balaban J connectivity index is 1.90. The van der Waals surface area contributed by atoms with Gasteiger partial charge in [-0.05, 0) is 48.5 Å². The molecule has 4 aromatic rings. The average molecular weight is 370 g/mol. The standard InChI is InChI=1S/C24H22N2O2/c1-26-23(18-7-5-4-6-8-18)22(17-9-13-20(27-2)14-10-17)25-24(26)19-11-15-21(28-3)16-12-19/h4-16H,1-3H3. The van der Waals surface area contributed by atoms with Gasteiger partial charge < -0.3 is 14.0 Å². The van der Waals surface area contributed by atoms with Crippen LogP contribution in [0.25, 0.3) is 33.9 Å². The molecule has 0 aliphatic rings. The van der Waals surface area contributed by atoms with Crippen LogP contribution in [0.3, 0.4) is 0 Å². The highest BCUT2D eigenvalue weighted by molar-refractivity contribution is 5.82. The predicted molar refractivity (Wildman–Crippen MR) is 113 cm³/mol. The minimum absolute atomic E-state index is 0.830. The Morgan fingerprint density at radius 2 is 1.18 bits per heavy atom. The van der Waals surface area contributed by atoms with Gasteiger partial charge >= 0.3 is 0 Å². The molecule has 3 aromatic carbocycles. The fraction of sp³-hybridized carbons (Fsp3) is 0.125. The summed E-state index contributed by atoms with van der Waals surface area (Å²) in [5.41, 5.74) is 5.25. The van der Waals surface area contributed by atoms with Gasteiger partial charge in [-0.25, -0.2) is 4.98 Å². The second-order valence-electron chi connectivity index (χ2n) is 6.51. The predicted octanol–water partition coefficient (Wildman–Crippen LogP) is 5.44. The number of nitrogens with zero attached hydrogens (tertiary/aromatic N) is 2. The zero-order valence-corrected chi connectivity index (χ0v) is 16.2. The van der Waals surface area contributed by atoms with Crippen LogP contribution < -0.4 is 9.47 Å². The molecule has 1 heterocycles. The van der Waals surface area contributed by atoms with Crippen LogP contribution in [-0.4, -0.2) is 23.8 Å². The monoisotopic (exact) mass is 370 g/mol. The average Bonchev–Trinajstić information content (AvgIpc) is 3.11. The van der Waals surface area contributed by atoms with E-state index in [9.17, 15) is 0 Å². The molecule has 0 aliphatic heterocycles. The van der Waals surface area contributed by atoms with E-state index in [1.54, 1.807) is 14.2 Å². The van der Waals surface area contributed by atoms with Gasteiger partial charge in [-0.1, -0.05) is 30.3 Å². The molecule has 0 amide bonds. The second kappa shape index (κ2) is 7.61. The lowest BCUT2D eigenvalue weighted by Gasteiger charge is -2.09. The van der Waals surface area contributed by atoms with Crippen molar-refractivity contribution in [2.45, 2.75) is 0 Å². The molecule has 0 spiro atoms. The molecule has 4 nitrogen and oxygen atoms in total. The Bertz CT molecular complexity index is 1070. The van der Waals surface area contributed by atoms with E-state index in [2.05, 4.69) is 23.7 Å². The Morgan fingerprint density at radius 1 is 0.643 bits per heavy atom. The molecule has 0 aliphatic carbocycles. The number of methoxy groups -OCH3 is 2. The van der Waals surface area contributed by atoms with E-state index >= 15 is 0 Å². The maximum atomic E-state index is 5.30. The molecule has 0 atom stereocenters. The molecule has 28 heavy (non-hydrogen) atoms.